The average Bonchev–Trinajstić information content (AvgIpc) is 2.71. The van der Waals surface area contributed by atoms with Crippen LogP contribution in [0.3, 0.4) is 0 Å². The number of anilines is 1. The summed E-state index contributed by atoms with van der Waals surface area (Å²) in [5.74, 6) is -0.0627. The van der Waals surface area contributed by atoms with Crippen molar-refractivity contribution in [3.05, 3.63) is 53.6 Å². The lowest BCUT2D eigenvalue weighted by molar-refractivity contribution is -0.157. The molecule has 1 aliphatic rings. The van der Waals surface area contributed by atoms with Crippen LogP contribution >= 0.6 is 0 Å². The Hall–Kier alpha value is -3.53. The van der Waals surface area contributed by atoms with Crippen LogP contribution in [0.25, 0.3) is 0 Å². The number of ether oxygens (including phenoxy) is 3. The van der Waals surface area contributed by atoms with Crippen LogP contribution in [-0.4, -0.2) is 37.7 Å². The normalized spacial score (nSPS) is 14.6. The second-order valence-corrected chi connectivity index (χ2v) is 6.77. The van der Waals surface area contributed by atoms with Gasteiger partial charge in [-0.2, -0.15) is 5.26 Å². The minimum atomic E-state index is -0.938. The Labute approximate surface area is 169 Å². The standard InChI is InChI=1S/C22H22N2O5/c1-15-10-16(2)12-17(11-15)24(9-5-8-23)21(25)14-28-22(26)20-13-27-18-6-3-4-7-19(18)29-20/h3-4,6-7,10-12,20H,5,9,13-14H2,1-2H3/t20-/m0/s1. The maximum Gasteiger partial charge on any atom is 0.351 e. The second-order valence-electron chi connectivity index (χ2n) is 6.77. The van der Waals surface area contributed by atoms with Crippen LogP contribution in [0.15, 0.2) is 42.5 Å². The molecule has 0 bridgehead atoms. The van der Waals surface area contributed by atoms with E-state index in [0.717, 1.165) is 11.1 Å². The highest BCUT2D eigenvalue weighted by Crippen LogP contribution is 2.31. The van der Waals surface area contributed by atoms with E-state index in [9.17, 15) is 9.59 Å². The fourth-order valence-corrected chi connectivity index (χ4v) is 3.11. The number of esters is 1. The molecule has 7 nitrogen and oxygen atoms in total. The van der Waals surface area contributed by atoms with Gasteiger partial charge >= 0.3 is 5.97 Å². The highest BCUT2D eigenvalue weighted by atomic mass is 16.6. The molecular formula is C22H22N2O5. The molecule has 0 radical (unpaired) electrons. The molecule has 2 aromatic rings. The summed E-state index contributed by atoms with van der Waals surface area (Å²) < 4.78 is 16.3. The minimum Gasteiger partial charge on any atom is -0.485 e. The van der Waals surface area contributed by atoms with Gasteiger partial charge in [-0.1, -0.05) is 18.2 Å². The maximum atomic E-state index is 12.7. The Kier molecular flexibility index (Phi) is 6.35. The SMILES string of the molecule is Cc1cc(C)cc(N(CCC#N)C(=O)COC(=O)[C@@H]2COc3ccccc3O2)c1. The number of aryl methyl sites for hydroxylation is 2. The molecule has 0 aromatic heterocycles. The van der Waals surface area contributed by atoms with Gasteiger partial charge in [0.15, 0.2) is 18.1 Å². The van der Waals surface area contributed by atoms with Crippen LogP contribution in [0.1, 0.15) is 17.5 Å². The molecule has 29 heavy (non-hydrogen) atoms. The number of carbonyl (C=O) groups excluding carboxylic acids is 2. The Morgan fingerprint density at radius 2 is 1.86 bits per heavy atom. The molecule has 1 heterocycles. The predicted octanol–water partition coefficient (Wildman–Crippen LogP) is 2.93. The Balaban J connectivity index is 1.64. The number of rotatable bonds is 6. The summed E-state index contributed by atoms with van der Waals surface area (Å²) in [5.41, 5.74) is 2.67. The molecule has 1 aliphatic heterocycles. The molecule has 0 saturated heterocycles. The van der Waals surface area contributed by atoms with Crippen molar-refractivity contribution < 1.29 is 23.8 Å². The first-order valence-corrected chi connectivity index (χ1v) is 9.28. The van der Waals surface area contributed by atoms with Gasteiger partial charge in [0, 0.05) is 12.2 Å². The van der Waals surface area contributed by atoms with Gasteiger partial charge in [0.2, 0.25) is 6.10 Å². The quantitative estimate of drug-likeness (QED) is 0.700. The molecule has 3 rings (SSSR count). The van der Waals surface area contributed by atoms with E-state index in [0.29, 0.717) is 17.2 Å². The van der Waals surface area contributed by atoms with Crippen LogP contribution in [-0.2, 0) is 14.3 Å². The number of nitriles is 1. The Morgan fingerprint density at radius 1 is 1.17 bits per heavy atom. The van der Waals surface area contributed by atoms with Gasteiger partial charge < -0.3 is 19.1 Å². The first-order chi connectivity index (χ1) is 14.0. The van der Waals surface area contributed by atoms with Crippen molar-refractivity contribution >= 4 is 17.6 Å². The monoisotopic (exact) mass is 394 g/mol. The average molecular weight is 394 g/mol. The molecule has 1 atom stereocenters. The summed E-state index contributed by atoms with van der Waals surface area (Å²) in [6, 6.07) is 14.8. The summed E-state index contributed by atoms with van der Waals surface area (Å²) in [7, 11) is 0. The van der Waals surface area contributed by atoms with E-state index in [1.54, 1.807) is 18.2 Å². The van der Waals surface area contributed by atoms with E-state index >= 15 is 0 Å². The molecule has 0 unspecified atom stereocenters. The van der Waals surface area contributed by atoms with E-state index in [4.69, 9.17) is 19.5 Å². The molecule has 0 spiro atoms. The van der Waals surface area contributed by atoms with E-state index in [1.807, 2.05) is 44.2 Å². The third kappa shape index (κ3) is 5.05. The number of hydrogen-bond donors (Lipinski definition) is 0. The highest BCUT2D eigenvalue weighted by molar-refractivity contribution is 5.95. The molecule has 0 fully saturated rings. The first-order valence-electron chi connectivity index (χ1n) is 9.28. The molecule has 2 aromatic carbocycles. The van der Waals surface area contributed by atoms with Crippen LogP contribution in [0, 0.1) is 25.2 Å². The fraction of sp³-hybridized carbons (Fsp3) is 0.318. The summed E-state index contributed by atoms with van der Waals surface area (Å²) in [6.07, 6.45) is -0.769. The molecule has 0 aliphatic carbocycles. The van der Waals surface area contributed by atoms with Gasteiger partial charge in [0.1, 0.15) is 6.61 Å². The summed E-state index contributed by atoms with van der Waals surface area (Å²) in [4.78, 5) is 26.5. The third-order valence-electron chi connectivity index (χ3n) is 4.38. The summed E-state index contributed by atoms with van der Waals surface area (Å²) in [5, 5.41) is 8.92. The number of fused-ring (bicyclic) bond motifs is 1. The largest absolute Gasteiger partial charge is 0.485 e. The van der Waals surface area contributed by atoms with Gasteiger partial charge in [-0.25, -0.2) is 4.79 Å². The lowest BCUT2D eigenvalue weighted by Gasteiger charge is -2.26. The van der Waals surface area contributed by atoms with Crippen LogP contribution in [0.4, 0.5) is 5.69 Å². The molecule has 150 valence electrons. The topological polar surface area (TPSA) is 88.9 Å². The zero-order valence-electron chi connectivity index (χ0n) is 16.4. The summed E-state index contributed by atoms with van der Waals surface area (Å²) >= 11 is 0. The number of carbonyl (C=O) groups is 2. The highest BCUT2D eigenvalue weighted by Gasteiger charge is 2.29. The van der Waals surface area contributed by atoms with Crippen molar-refractivity contribution in [2.24, 2.45) is 0 Å². The number of benzene rings is 2. The fourth-order valence-electron chi connectivity index (χ4n) is 3.11. The Bertz CT molecular complexity index is 930. The molecular weight excluding hydrogens is 372 g/mol. The van der Waals surface area contributed by atoms with Crippen molar-refractivity contribution in [2.75, 3.05) is 24.7 Å². The van der Waals surface area contributed by atoms with Gasteiger partial charge in [0.25, 0.3) is 5.91 Å². The molecule has 0 N–H and O–H groups in total. The van der Waals surface area contributed by atoms with Gasteiger partial charge in [-0.05, 0) is 49.2 Å². The maximum absolute atomic E-state index is 12.7. The number of hydrogen-bond acceptors (Lipinski definition) is 6. The van der Waals surface area contributed by atoms with Crippen molar-refractivity contribution in [1.29, 1.82) is 5.26 Å². The summed E-state index contributed by atoms with van der Waals surface area (Å²) in [6.45, 7) is 3.65. The number of amides is 1. The smallest absolute Gasteiger partial charge is 0.351 e. The van der Waals surface area contributed by atoms with Crippen molar-refractivity contribution in [3.8, 4) is 17.6 Å². The van der Waals surface area contributed by atoms with E-state index in [2.05, 4.69) is 0 Å². The van der Waals surface area contributed by atoms with Gasteiger partial charge in [-0.3, -0.25) is 4.79 Å². The van der Waals surface area contributed by atoms with E-state index in [-0.39, 0.29) is 19.6 Å². The van der Waals surface area contributed by atoms with Crippen LogP contribution in [0.2, 0.25) is 0 Å². The van der Waals surface area contributed by atoms with Crippen LogP contribution < -0.4 is 14.4 Å². The lowest BCUT2D eigenvalue weighted by Crippen LogP contribution is -2.41. The lowest BCUT2D eigenvalue weighted by atomic mass is 10.1. The third-order valence-corrected chi connectivity index (χ3v) is 4.38. The van der Waals surface area contributed by atoms with Crippen LogP contribution in [0.5, 0.6) is 11.5 Å². The molecule has 1 amide bonds. The zero-order valence-corrected chi connectivity index (χ0v) is 16.4. The first kappa shape index (κ1) is 20.2. The molecule has 0 saturated carbocycles. The number of nitrogens with zero attached hydrogens (tertiary/aromatic N) is 2. The van der Waals surface area contributed by atoms with Gasteiger partial charge in [-0.15, -0.1) is 0 Å². The molecule has 7 heteroatoms. The minimum absolute atomic E-state index is 0.0132. The van der Waals surface area contributed by atoms with E-state index in [1.165, 1.54) is 4.90 Å². The second kappa shape index (κ2) is 9.11. The van der Waals surface area contributed by atoms with Crippen molar-refractivity contribution in [1.82, 2.24) is 0 Å². The Morgan fingerprint density at radius 3 is 2.55 bits per heavy atom. The van der Waals surface area contributed by atoms with Crippen molar-refractivity contribution in [3.63, 3.8) is 0 Å². The zero-order chi connectivity index (χ0) is 20.8. The van der Waals surface area contributed by atoms with Gasteiger partial charge in [0.05, 0.1) is 12.5 Å². The predicted molar refractivity (Wildman–Crippen MR) is 106 cm³/mol. The van der Waals surface area contributed by atoms with Crippen molar-refractivity contribution in [2.45, 2.75) is 26.4 Å². The number of para-hydroxylation sites is 2. The van der Waals surface area contributed by atoms with E-state index < -0.39 is 24.6 Å².